The van der Waals surface area contributed by atoms with Crippen molar-refractivity contribution in [3.63, 3.8) is 0 Å². The lowest BCUT2D eigenvalue weighted by molar-refractivity contribution is 0.0953. The topological polar surface area (TPSA) is 62.5 Å². The summed E-state index contributed by atoms with van der Waals surface area (Å²) in [6.07, 6.45) is 4.26. The zero-order chi connectivity index (χ0) is 20.1. The van der Waals surface area contributed by atoms with Gasteiger partial charge in [-0.3, -0.25) is 4.79 Å². The van der Waals surface area contributed by atoms with Gasteiger partial charge in [0.15, 0.2) is 5.65 Å². The Kier molecular flexibility index (Phi) is 6.41. The fourth-order valence-corrected chi connectivity index (χ4v) is 3.31. The summed E-state index contributed by atoms with van der Waals surface area (Å²) in [7, 11) is 0. The molecular formula is C22H29N5O. The third-order valence-electron chi connectivity index (χ3n) is 5.28. The lowest BCUT2D eigenvalue weighted by Gasteiger charge is -2.17. The van der Waals surface area contributed by atoms with Crippen LogP contribution in [-0.2, 0) is 0 Å². The maximum absolute atomic E-state index is 12.6. The maximum Gasteiger partial charge on any atom is 0.256 e. The number of carbonyl (C=O) groups is 1. The van der Waals surface area contributed by atoms with E-state index in [1.54, 1.807) is 16.9 Å². The van der Waals surface area contributed by atoms with Gasteiger partial charge in [0.05, 0.1) is 11.9 Å². The Labute approximate surface area is 166 Å². The molecule has 1 aromatic carbocycles. The number of hydrogen-bond acceptors (Lipinski definition) is 4. The Hall–Kier alpha value is -2.73. The molecule has 0 fully saturated rings. The van der Waals surface area contributed by atoms with Crippen LogP contribution in [0.5, 0.6) is 0 Å². The van der Waals surface area contributed by atoms with Gasteiger partial charge in [-0.1, -0.05) is 26.0 Å². The van der Waals surface area contributed by atoms with Crippen molar-refractivity contribution in [1.29, 1.82) is 0 Å². The van der Waals surface area contributed by atoms with Crippen LogP contribution in [0.3, 0.4) is 0 Å². The lowest BCUT2D eigenvalue weighted by Crippen LogP contribution is -2.29. The molecule has 6 nitrogen and oxygen atoms in total. The van der Waals surface area contributed by atoms with E-state index in [0.717, 1.165) is 37.3 Å². The van der Waals surface area contributed by atoms with Crippen molar-refractivity contribution in [2.24, 2.45) is 0 Å². The summed E-state index contributed by atoms with van der Waals surface area (Å²) in [5, 5.41) is 7.43. The van der Waals surface area contributed by atoms with Crippen LogP contribution in [0.4, 0.5) is 0 Å². The van der Waals surface area contributed by atoms with Crippen LogP contribution in [0.1, 0.15) is 41.8 Å². The van der Waals surface area contributed by atoms with Crippen LogP contribution < -0.4 is 5.32 Å². The molecule has 0 radical (unpaired) electrons. The second kappa shape index (κ2) is 8.97. The first-order chi connectivity index (χ1) is 13.5. The fraction of sp³-hybridized carbons (Fsp3) is 0.409. The van der Waals surface area contributed by atoms with Crippen LogP contribution in [0.2, 0.25) is 0 Å². The maximum atomic E-state index is 12.6. The molecule has 1 amide bonds. The number of nitrogens with one attached hydrogen (secondary N) is 1. The lowest BCUT2D eigenvalue weighted by atomic mass is 10.0. The van der Waals surface area contributed by atoms with Gasteiger partial charge < -0.3 is 10.2 Å². The van der Waals surface area contributed by atoms with Crippen molar-refractivity contribution in [2.45, 2.75) is 34.1 Å². The third-order valence-corrected chi connectivity index (χ3v) is 5.28. The van der Waals surface area contributed by atoms with Crippen molar-refractivity contribution in [3.8, 4) is 11.3 Å². The van der Waals surface area contributed by atoms with E-state index in [0.29, 0.717) is 17.8 Å². The molecule has 0 aliphatic carbocycles. The van der Waals surface area contributed by atoms with Gasteiger partial charge in [-0.25, -0.2) is 9.50 Å². The Morgan fingerprint density at radius 2 is 1.93 bits per heavy atom. The van der Waals surface area contributed by atoms with Crippen LogP contribution in [0.15, 0.2) is 36.7 Å². The number of aromatic nitrogens is 3. The highest BCUT2D eigenvalue weighted by Gasteiger charge is 2.16. The number of aryl methyl sites for hydroxylation is 2. The summed E-state index contributed by atoms with van der Waals surface area (Å²) >= 11 is 0. The van der Waals surface area contributed by atoms with Crippen molar-refractivity contribution >= 4 is 11.6 Å². The van der Waals surface area contributed by atoms with E-state index >= 15 is 0 Å². The second-order valence-corrected chi connectivity index (χ2v) is 7.06. The Morgan fingerprint density at radius 3 is 2.64 bits per heavy atom. The van der Waals surface area contributed by atoms with E-state index < -0.39 is 0 Å². The first kappa shape index (κ1) is 20.0. The number of carbonyl (C=O) groups excluding carboxylic acids is 1. The molecule has 0 aliphatic rings. The minimum atomic E-state index is -0.126. The molecule has 0 unspecified atom stereocenters. The quantitative estimate of drug-likeness (QED) is 0.609. The summed E-state index contributed by atoms with van der Waals surface area (Å²) in [4.78, 5) is 19.4. The monoisotopic (exact) mass is 379 g/mol. The fourth-order valence-electron chi connectivity index (χ4n) is 3.31. The molecule has 0 saturated heterocycles. The van der Waals surface area contributed by atoms with Gasteiger partial charge in [-0.05, 0) is 63.2 Å². The van der Waals surface area contributed by atoms with Gasteiger partial charge in [-0.2, -0.15) is 5.10 Å². The van der Waals surface area contributed by atoms with E-state index in [-0.39, 0.29) is 5.91 Å². The molecule has 1 N–H and O–H groups in total. The number of hydrogen-bond donors (Lipinski definition) is 1. The van der Waals surface area contributed by atoms with Crippen molar-refractivity contribution < 1.29 is 4.79 Å². The first-order valence-electron chi connectivity index (χ1n) is 9.96. The number of nitrogens with zero attached hydrogens (tertiary/aromatic N) is 4. The average Bonchev–Trinajstić information content (AvgIpc) is 3.14. The molecule has 3 aromatic rings. The highest BCUT2D eigenvalue weighted by atomic mass is 16.1. The van der Waals surface area contributed by atoms with E-state index in [1.807, 2.05) is 6.07 Å². The molecule has 0 aliphatic heterocycles. The van der Waals surface area contributed by atoms with Gasteiger partial charge in [0.25, 0.3) is 5.91 Å². The number of fused-ring (bicyclic) bond motifs is 1. The van der Waals surface area contributed by atoms with Gasteiger partial charge in [0.1, 0.15) is 5.56 Å². The summed E-state index contributed by atoms with van der Waals surface area (Å²) in [6, 6.07) is 8.24. The predicted molar refractivity (Wildman–Crippen MR) is 113 cm³/mol. The van der Waals surface area contributed by atoms with Crippen LogP contribution >= 0.6 is 0 Å². The normalized spacial score (nSPS) is 11.3. The Bertz CT molecular complexity index is 959. The summed E-state index contributed by atoms with van der Waals surface area (Å²) in [5.41, 5.74) is 5.55. The highest BCUT2D eigenvalue weighted by molar-refractivity contribution is 5.99. The number of rotatable bonds is 8. The van der Waals surface area contributed by atoms with Gasteiger partial charge in [-0.15, -0.1) is 0 Å². The summed E-state index contributed by atoms with van der Waals surface area (Å²) in [6.45, 7) is 12.2. The minimum absolute atomic E-state index is 0.126. The van der Waals surface area contributed by atoms with Crippen LogP contribution in [-0.4, -0.2) is 51.6 Å². The molecule has 0 bridgehead atoms. The largest absolute Gasteiger partial charge is 0.352 e. The van der Waals surface area contributed by atoms with Crippen LogP contribution in [0, 0.1) is 13.8 Å². The number of amides is 1. The molecule has 0 saturated carbocycles. The van der Waals surface area contributed by atoms with Gasteiger partial charge in [0, 0.05) is 18.3 Å². The zero-order valence-corrected chi connectivity index (χ0v) is 17.2. The van der Waals surface area contributed by atoms with Crippen molar-refractivity contribution in [2.75, 3.05) is 26.2 Å². The summed E-state index contributed by atoms with van der Waals surface area (Å²) < 4.78 is 1.74. The molecule has 0 spiro atoms. The molecule has 2 heterocycles. The molecule has 0 atom stereocenters. The van der Waals surface area contributed by atoms with Crippen LogP contribution in [0.25, 0.3) is 16.9 Å². The smallest absolute Gasteiger partial charge is 0.256 e. The predicted octanol–water partition coefficient (Wildman–Crippen LogP) is 3.47. The molecular weight excluding hydrogens is 350 g/mol. The van der Waals surface area contributed by atoms with E-state index in [2.05, 4.69) is 66.2 Å². The minimum Gasteiger partial charge on any atom is -0.352 e. The van der Waals surface area contributed by atoms with E-state index in [1.165, 1.54) is 11.1 Å². The highest BCUT2D eigenvalue weighted by Crippen LogP contribution is 2.23. The molecule has 2 aromatic heterocycles. The van der Waals surface area contributed by atoms with Crippen molar-refractivity contribution in [3.05, 3.63) is 53.3 Å². The average molecular weight is 380 g/mol. The zero-order valence-electron chi connectivity index (χ0n) is 17.2. The van der Waals surface area contributed by atoms with E-state index in [9.17, 15) is 4.79 Å². The van der Waals surface area contributed by atoms with Gasteiger partial charge >= 0.3 is 0 Å². The molecule has 3 rings (SSSR count). The van der Waals surface area contributed by atoms with Crippen molar-refractivity contribution in [1.82, 2.24) is 24.8 Å². The Balaban J connectivity index is 1.77. The SMILES string of the molecule is CCN(CC)CCCNC(=O)c1cnn2c(-c3ccc(C)c(C)c3)ccnc12. The third kappa shape index (κ3) is 4.22. The second-order valence-electron chi connectivity index (χ2n) is 7.06. The molecule has 6 heteroatoms. The number of benzene rings is 1. The first-order valence-corrected chi connectivity index (χ1v) is 9.96. The molecule has 28 heavy (non-hydrogen) atoms. The summed E-state index contributed by atoms with van der Waals surface area (Å²) in [5.74, 6) is -0.126. The van der Waals surface area contributed by atoms with Gasteiger partial charge in [0.2, 0.25) is 0 Å². The Morgan fingerprint density at radius 1 is 1.14 bits per heavy atom. The standard InChI is InChI=1S/C22H29N5O/c1-5-26(6-2)13-7-11-24-22(28)19-15-25-27-20(10-12-23-21(19)27)18-9-8-16(3)17(4)14-18/h8-10,12,14-15H,5-7,11,13H2,1-4H3,(H,24,28). The molecule has 148 valence electrons. The van der Waals surface area contributed by atoms with E-state index in [4.69, 9.17) is 0 Å².